The molecule has 1 saturated heterocycles. The Kier molecular flexibility index (Phi) is 5.56. The van der Waals surface area contributed by atoms with Crippen LogP contribution in [0, 0.1) is 12.7 Å². The second-order valence-electron chi connectivity index (χ2n) is 5.42. The van der Waals surface area contributed by atoms with Gasteiger partial charge in [0.15, 0.2) is 0 Å². The summed E-state index contributed by atoms with van der Waals surface area (Å²) in [4.78, 5) is 13.9. The maximum absolute atomic E-state index is 13.2. The Morgan fingerprint density at radius 3 is 3.05 bits per heavy atom. The van der Waals surface area contributed by atoms with Crippen molar-refractivity contribution in [3.8, 4) is 0 Å². The van der Waals surface area contributed by atoms with Gasteiger partial charge in [0.05, 0.1) is 0 Å². The minimum atomic E-state index is -0.213. The Bertz CT molecular complexity index is 493. The van der Waals surface area contributed by atoms with Crippen LogP contribution in [0.4, 0.5) is 10.1 Å². The zero-order valence-electron chi connectivity index (χ0n) is 12.7. The van der Waals surface area contributed by atoms with Crippen LogP contribution in [0.2, 0.25) is 0 Å². The van der Waals surface area contributed by atoms with E-state index in [0.717, 1.165) is 37.2 Å². The third-order valence-electron chi connectivity index (χ3n) is 3.72. The summed E-state index contributed by atoms with van der Waals surface area (Å²) in [5.74, 6) is -0.283. The molecular weight excluding hydrogens is 271 g/mol. The van der Waals surface area contributed by atoms with Crippen LogP contribution in [0.3, 0.4) is 0 Å². The number of hydrogen-bond acceptors (Lipinski definition) is 3. The lowest BCUT2D eigenvalue weighted by Gasteiger charge is -2.35. The number of carbonyl (C=O) groups is 1. The van der Waals surface area contributed by atoms with E-state index in [0.29, 0.717) is 6.61 Å². The third kappa shape index (κ3) is 4.43. The molecular formula is C16H23FN2O2. The van der Waals surface area contributed by atoms with Crippen molar-refractivity contribution in [2.24, 2.45) is 0 Å². The predicted molar refractivity (Wildman–Crippen MR) is 81.0 cm³/mol. The first kappa shape index (κ1) is 15.8. The van der Waals surface area contributed by atoms with Gasteiger partial charge in [-0.15, -0.1) is 0 Å². The van der Waals surface area contributed by atoms with E-state index in [1.54, 1.807) is 6.07 Å². The second kappa shape index (κ2) is 7.41. The zero-order valence-corrected chi connectivity index (χ0v) is 12.7. The molecule has 0 radical (unpaired) electrons. The molecule has 0 saturated carbocycles. The molecule has 21 heavy (non-hydrogen) atoms. The summed E-state index contributed by atoms with van der Waals surface area (Å²) < 4.78 is 18.3. The Labute approximate surface area is 125 Å². The van der Waals surface area contributed by atoms with E-state index in [9.17, 15) is 9.18 Å². The van der Waals surface area contributed by atoms with Crippen molar-refractivity contribution in [2.75, 3.05) is 31.2 Å². The zero-order chi connectivity index (χ0) is 15.2. The summed E-state index contributed by atoms with van der Waals surface area (Å²) in [6, 6.07) is 4.97. The van der Waals surface area contributed by atoms with Gasteiger partial charge in [-0.05, 0) is 50.5 Å². The quantitative estimate of drug-likeness (QED) is 0.905. The van der Waals surface area contributed by atoms with Gasteiger partial charge in [-0.25, -0.2) is 4.39 Å². The maximum Gasteiger partial charge on any atom is 0.246 e. The lowest BCUT2D eigenvalue weighted by molar-refractivity contribution is -0.126. The topological polar surface area (TPSA) is 41.6 Å². The van der Waals surface area contributed by atoms with Crippen LogP contribution >= 0.6 is 0 Å². The molecule has 0 aliphatic carbocycles. The molecule has 1 aliphatic rings. The highest BCUT2D eigenvalue weighted by Crippen LogP contribution is 2.24. The highest BCUT2D eigenvalue weighted by Gasteiger charge is 2.22. The van der Waals surface area contributed by atoms with Crippen LogP contribution < -0.4 is 10.2 Å². The van der Waals surface area contributed by atoms with Gasteiger partial charge in [0, 0.05) is 31.4 Å². The van der Waals surface area contributed by atoms with Gasteiger partial charge in [0.25, 0.3) is 0 Å². The summed E-state index contributed by atoms with van der Waals surface area (Å²) in [5.41, 5.74) is 1.97. The molecule has 116 valence electrons. The first-order chi connectivity index (χ1) is 10.1. The predicted octanol–water partition coefficient (Wildman–Crippen LogP) is 2.26. The van der Waals surface area contributed by atoms with Crippen molar-refractivity contribution in [1.29, 1.82) is 0 Å². The molecule has 1 amide bonds. The van der Waals surface area contributed by atoms with Crippen molar-refractivity contribution in [3.05, 3.63) is 29.6 Å². The Morgan fingerprint density at radius 2 is 2.33 bits per heavy atom. The van der Waals surface area contributed by atoms with Gasteiger partial charge in [0.1, 0.15) is 12.4 Å². The number of benzene rings is 1. The van der Waals surface area contributed by atoms with Crippen molar-refractivity contribution >= 4 is 11.6 Å². The average Bonchev–Trinajstić information content (AvgIpc) is 2.45. The number of hydrogen-bond donors (Lipinski definition) is 1. The second-order valence-corrected chi connectivity index (χ2v) is 5.42. The normalized spacial score (nSPS) is 18.6. The van der Waals surface area contributed by atoms with Gasteiger partial charge in [-0.2, -0.15) is 0 Å². The first-order valence-electron chi connectivity index (χ1n) is 7.48. The van der Waals surface area contributed by atoms with Crippen LogP contribution in [0.5, 0.6) is 0 Å². The fourth-order valence-electron chi connectivity index (χ4n) is 2.75. The molecule has 0 bridgehead atoms. The maximum atomic E-state index is 13.2. The molecule has 2 rings (SSSR count). The minimum Gasteiger partial charge on any atom is -0.372 e. The van der Waals surface area contributed by atoms with E-state index in [4.69, 9.17) is 4.74 Å². The number of halogens is 1. The molecule has 0 aromatic heterocycles. The minimum absolute atomic E-state index is 0.0699. The average molecular weight is 294 g/mol. The summed E-state index contributed by atoms with van der Waals surface area (Å²) in [5, 5.41) is 3.00. The fraction of sp³-hybridized carbons (Fsp3) is 0.562. The molecule has 5 heteroatoms. The SMILES string of the molecule is CCOCC(=O)NC1CCCN(c2ccc(F)cc2C)C1. The van der Waals surface area contributed by atoms with Crippen molar-refractivity contribution < 1.29 is 13.9 Å². The molecule has 1 fully saturated rings. The molecule has 1 aromatic rings. The van der Waals surface area contributed by atoms with E-state index in [1.165, 1.54) is 6.07 Å². The standard InChI is InChI=1S/C16H23FN2O2/c1-3-21-11-16(20)18-14-5-4-8-19(10-14)15-7-6-13(17)9-12(15)2/h6-7,9,14H,3-5,8,10-11H2,1-2H3,(H,18,20). The van der Waals surface area contributed by atoms with Crippen LogP contribution in [-0.2, 0) is 9.53 Å². The third-order valence-corrected chi connectivity index (χ3v) is 3.72. The molecule has 1 N–H and O–H groups in total. The fourth-order valence-corrected chi connectivity index (χ4v) is 2.75. The Hall–Kier alpha value is -1.62. The smallest absolute Gasteiger partial charge is 0.246 e. The number of anilines is 1. The van der Waals surface area contributed by atoms with Crippen LogP contribution in [0.15, 0.2) is 18.2 Å². The number of nitrogens with zero attached hydrogens (tertiary/aromatic N) is 1. The van der Waals surface area contributed by atoms with E-state index >= 15 is 0 Å². The number of rotatable bonds is 5. The molecule has 1 aromatic carbocycles. The van der Waals surface area contributed by atoms with Gasteiger partial charge < -0.3 is 15.0 Å². The van der Waals surface area contributed by atoms with Crippen molar-refractivity contribution in [1.82, 2.24) is 5.32 Å². The number of piperidine rings is 1. The highest BCUT2D eigenvalue weighted by atomic mass is 19.1. The number of aryl methyl sites for hydroxylation is 1. The van der Waals surface area contributed by atoms with Crippen LogP contribution in [-0.4, -0.2) is 38.3 Å². The molecule has 4 nitrogen and oxygen atoms in total. The molecule has 1 atom stereocenters. The lowest BCUT2D eigenvalue weighted by Crippen LogP contribution is -2.48. The summed E-state index contributed by atoms with van der Waals surface area (Å²) in [6.07, 6.45) is 1.98. The molecule has 0 spiro atoms. The number of nitrogens with one attached hydrogen (secondary N) is 1. The van der Waals surface area contributed by atoms with Crippen molar-refractivity contribution in [2.45, 2.75) is 32.7 Å². The summed E-state index contributed by atoms with van der Waals surface area (Å²) in [7, 11) is 0. The first-order valence-corrected chi connectivity index (χ1v) is 7.48. The van der Waals surface area contributed by atoms with Gasteiger partial charge in [0.2, 0.25) is 5.91 Å². The van der Waals surface area contributed by atoms with Crippen molar-refractivity contribution in [3.63, 3.8) is 0 Å². The van der Waals surface area contributed by atoms with E-state index < -0.39 is 0 Å². The monoisotopic (exact) mass is 294 g/mol. The molecule has 1 aliphatic heterocycles. The van der Waals surface area contributed by atoms with E-state index in [2.05, 4.69) is 10.2 Å². The van der Waals surface area contributed by atoms with E-state index in [-0.39, 0.29) is 24.4 Å². The highest BCUT2D eigenvalue weighted by molar-refractivity contribution is 5.77. The van der Waals surface area contributed by atoms with Gasteiger partial charge >= 0.3 is 0 Å². The Morgan fingerprint density at radius 1 is 1.52 bits per heavy atom. The largest absolute Gasteiger partial charge is 0.372 e. The summed E-state index contributed by atoms with van der Waals surface area (Å²) >= 11 is 0. The number of carbonyl (C=O) groups excluding carboxylic acids is 1. The Balaban J connectivity index is 1.95. The van der Waals surface area contributed by atoms with Crippen LogP contribution in [0.1, 0.15) is 25.3 Å². The summed E-state index contributed by atoms with van der Waals surface area (Å²) in [6.45, 7) is 6.12. The van der Waals surface area contributed by atoms with Crippen LogP contribution in [0.25, 0.3) is 0 Å². The number of ether oxygens (including phenoxy) is 1. The molecule has 1 unspecified atom stereocenters. The van der Waals surface area contributed by atoms with Gasteiger partial charge in [-0.3, -0.25) is 4.79 Å². The molecule has 1 heterocycles. The lowest BCUT2D eigenvalue weighted by atomic mass is 10.0. The van der Waals surface area contributed by atoms with E-state index in [1.807, 2.05) is 19.9 Å². The van der Waals surface area contributed by atoms with Gasteiger partial charge in [-0.1, -0.05) is 0 Å². The number of amides is 1.